The number of carbonyl (C=O) groups excluding carboxylic acids is 1. The lowest BCUT2D eigenvalue weighted by atomic mass is 10.4. The third-order valence-electron chi connectivity index (χ3n) is 3.65. The van der Waals surface area contributed by atoms with Crippen molar-refractivity contribution < 1.29 is 4.79 Å². The van der Waals surface area contributed by atoms with Gasteiger partial charge in [0.05, 0.1) is 15.8 Å². The van der Waals surface area contributed by atoms with Gasteiger partial charge < -0.3 is 15.1 Å². The Morgan fingerprint density at radius 1 is 1.29 bits per heavy atom. The summed E-state index contributed by atoms with van der Waals surface area (Å²) in [4.78, 5) is 30.1. The van der Waals surface area contributed by atoms with Crippen LogP contribution in [0.2, 0.25) is 4.34 Å². The van der Waals surface area contributed by atoms with E-state index in [2.05, 4.69) is 25.2 Å². The highest BCUT2D eigenvalue weighted by Crippen LogP contribution is 2.21. The Labute approximate surface area is 149 Å². The van der Waals surface area contributed by atoms with Crippen LogP contribution in [0.3, 0.4) is 0 Å². The van der Waals surface area contributed by atoms with Gasteiger partial charge >= 0.3 is 0 Å². The van der Waals surface area contributed by atoms with Crippen LogP contribution in [-0.4, -0.2) is 48.0 Å². The van der Waals surface area contributed by atoms with Gasteiger partial charge in [0.1, 0.15) is 0 Å². The third kappa shape index (κ3) is 3.93. The quantitative estimate of drug-likeness (QED) is 0.874. The molecular weight excluding hydrogens is 348 g/mol. The zero-order valence-corrected chi connectivity index (χ0v) is 15.2. The number of amides is 1. The molecule has 1 N–H and O–H groups in total. The molecule has 0 bridgehead atoms. The summed E-state index contributed by atoms with van der Waals surface area (Å²) in [5.41, 5.74) is 0. The fraction of sp³-hybridized carbons (Fsp3) is 0.467. The molecule has 2 aromatic heterocycles. The number of nitrogens with one attached hydrogen (secondary N) is 1. The molecule has 1 saturated heterocycles. The molecule has 0 saturated carbocycles. The Bertz CT molecular complexity index is 729. The summed E-state index contributed by atoms with van der Waals surface area (Å²) in [5.74, 6) is 1.64. The summed E-state index contributed by atoms with van der Waals surface area (Å²) in [7, 11) is 3.78. The number of hydrogen-bond acceptors (Lipinski definition) is 7. The van der Waals surface area contributed by atoms with Gasteiger partial charge in [-0.25, -0.2) is 0 Å². The third-order valence-corrected chi connectivity index (χ3v) is 4.88. The van der Waals surface area contributed by atoms with Crippen LogP contribution in [0.5, 0.6) is 0 Å². The highest BCUT2D eigenvalue weighted by atomic mass is 35.5. The molecule has 0 aliphatic carbocycles. The lowest BCUT2D eigenvalue weighted by Gasteiger charge is -2.18. The van der Waals surface area contributed by atoms with Gasteiger partial charge in [-0.2, -0.15) is 15.0 Å². The van der Waals surface area contributed by atoms with Gasteiger partial charge in [-0.1, -0.05) is 11.6 Å². The Morgan fingerprint density at radius 2 is 2.04 bits per heavy atom. The number of aromatic nitrogens is 3. The van der Waals surface area contributed by atoms with E-state index < -0.39 is 0 Å². The molecule has 128 valence electrons. The minimum Gasteiger partial charge on any atom is -0.347 e. The SMILES string of the molecule is CN(C)c1nc(CNC(=O)c2ccc(Cl)s2)nc(N2CCCC2)n1. The second kappa shape index (κ2) is 7.31. The van der Waals surface area contributed by atoms with E-state index in [9.17, 15) is 4.79 Å². The van der Waals surface area contributed by atoms with Gasteiger partial charge in [0.2, 0.25) is 11.9 Å². The highest BCUT2D eigenvalue weighted by Gasteiger charge is 2.18. The number of thiophene rings is 1. The largest absolute Gasteiger partial charge is 0.347 e. The topological polar surface area (TPSA) is 74.2 Å². The molecule has 1 fully saturated rings. The lowest BCUT2D eigenvalue weighted by molar-refractivity contribution is 0.0954. The van der Waals surface area contributed by atoms with E-state index in [0.717, 1.165) is 25.9 Å². The molecule has 0 radical (unpaired) electrons. The van der Waals surface area contributed by atoms with Crippen molar-refractivity contribution in [3.63, 3.8) is 0 Å². The van der Waals surface area contributed by atoms with Gasteiger partial charge in [0, 0.05) is 27.2 Å². The first-order chi connectivity index (χ1) is 11.5. The molecule has 2 aromatic rings. The summed E-state index contributed by atoms with van der Waals surface area (Å²) in [6, 6.07) is 3.41. The summed E-state index contributed by atoms with van der Waals surface area (Å²) in [6.07, 6.45) is 2.29. The van der Waals surface area contributed by atoms with Gasteiger partial charge in [0.15, 0.2) is 5.82 Å². The number of carbonyl (C=O) groups is 1. The Morgan fingerprint density at radius 3 is 2.67 bits per heavy atom. The average molecular weight is 367 g/mol. The van der Waals surface area contributed by atoms with Crippen molar-refractivity contribution in [1.82, 2.24) is 20.3 Å². The first-order valence-electron chi connectivity index (χ1n) is 7.73. The fourth-order valence-corrected chi connectivity index (χ4v) is 3.38. The van der Waals surface area contributed by atoms with Gasteiger partial charge in [-0.15, -0.1) is 11.3 Å². The van der Waals surface area contributed by atoms with Crippen molar-refractivity contribution >= 4 is 40.7 Å². The molecule has 7 nitrogen and oxygen atoms in total. The molecule has 0 aromatic carbocycles. The molecule has 1 aliphatic rings. The van der Waals surface area contributed by atoms with Crippen LogP contribution in [0.25, 0.3) is 0 Å². The Balaban J connectivity index is 1.75. The molecule has 0 unspecified atom stereocenters. The monoisotopic (exact) mass is 366 g/mol. The smallest absolute Gasteiger partial charge is 0.261 e. The Hall–Kier alpha value is -1.93. The van der Waals surface area contributed by atoms with Gasteiger partial charge in [-0.05, 0) is 25.0 Å². The fourth-order valence-electron chi connectivity index (χ4n) is 2.42. The van der Waals surface area contributed by atoms with Crippen LogP contribution < -0.4 is 15.1 Å². The predicted octanol–water partition coefficient (Wildman–Crippen LogP) is 2.18. The van der Waals surface area contributed by atoms with E-state index in [1.165, 1.54) is 11.3 Å². The second-order valence-electron chi connectivity index (χ2n) is 5.73. The van der Waals surface area contributed by atoms with Crippen molar-refractivity contribution in [3.05, 3.63) is 27.2 Å². The normalized spacial score (nSPS) is 14.0. The standard InChI is InChI=1S/C15H19ClN6OS/c1-21(2)14-18-12(19-15(20-14)22-7-3-4-8-22)9-17-13(23)10-5-6-11(16)24-10/h5-6H,3-4,7-9H2,1-2H3,(H,17,23). The zero-order chi connectivity index (χ0) is 17.1. The molecule has 24 heavy (non-hydrogen) atoms. The van der Waals surface area contributed by atoms with E-state index in [1.807, 2.05) is 19.0 Å². The molecule has 1 aliphatic heterocycles. The maximum atomic E-state index is 12.1. The van der Waals surface area contributed by atoms with E-state index in [0.29, 0.717) is 26.9 Å². The number of hydrogen-bond donors (Lipinski definition) is 1. The molecule has 9 heteroatoms. The molecule has 3 rings (SSSR count). The van der Waals surface area contributed by atoms with E-state index >= 15 is 0 Å². The minimum atomic E-state index is -0.179. The minimum absolute atomic E-state index is 0.179. The van der Waals surface area contributed by atoms with E-state index in [1.54, 1.807) is 12.1 Å². The van der Waals surface area contributed by atoms with Crippen molar-refractivity contribution in [3.8, 4) is 0 Å². The van der Waals surface area contributed by atoms with E-state index in [-0.39, 0.29) is 12.5 Å². The van der Waals surface area contributed by atoms with Crippen LogP contribution >= 0.6 is 22.9 Å². The van der Waals surface area contributed by atoms with Crippen LogP contribution in [0.15, 0.2) is 12.1 Å². The average Bonchev–Trinajstić information content (AvgIpc) is 3.23. The predicted molar refractivity (Wildman–Crippen MR) is 96.1 cm³/mol. The van der Waals surface area contributed by atoms with Gasteiger partial charge in [-0.3, -0.25) is 4.79 Å². The second-order valence-corrected chi connectivity index (χ2v) is 7.44. The van der Waals surface area contributed by atoms with Crippen LogP contribution in [0.1, 0.15) is 28.3 Å². The van der Waals surface area contributed by atoms with Crippen LogP contribution in [0, 0.1) is 0 Å². The van der Waals surface area contributed by atoms with Crippen molar-refractivity contribution in [1.29, 1.82) is 0 Å². The van der Waals surface area contributed by atoms with Crippen LogP contribution in [0.4, 0.5) is 11.9 Å². The van der Waals surface area contributed by atoms with Crippen molar-refractivity contribution in [2.45, 2.75) is 19.4 Å². The highest BCUT2D eigenvalue weighted by molar-refractivity contribution is 7.17. The summed E-state index contributed by atoms with van der Waals surface area (Å²) >= 11 is 7.11. The number of rotatable bonds is 5. The number of nitrogens with zero attached hydrogens (tertiary/aromatic N) is 5. The first kappa shape index (κ1) is 16.9. The maximum absolute atomic E-state index is 12.1. The molecule has 1 amide bonds. The number of anilines is 2. The molecule has 0 atom stereocenters. The van der Waals surface area contributed by atoms with Crippen LogP contribution in [-0.2, 0) is 6.54 Å². The van der Waals surface area contributed by atoms with E-state index in [4.69, 9.17) is 11.6 Å². The molecular formula is C15H19ClN6OS. The van der Waals surface area contributed by atoms with Crippen molar-refractivity contribution in [2.75, 3.05) is 37.0 Å². The first-order valence-corrected chi connectivity index (χ1v) is 8.93. The lowest BCUT2D eigenvalue weighted by Crippen LogP contribution is -2.27. The zero-order valence-electron chi connectivity index (χ0n) is 13.6. The number of halogens is 1. The van der Waals surface area contributed by atoms with Gasteiger partial charge in [0.25, 0.3) is 5.91 Å². The summed E-state index contributed by atoms with van der Waals surface area (Å²) in [6.45, 7) is 2.16. The molecule has 3 heterocycles. The Kier molecular flexibility index (Phi) is 5.15. The molecule has 0 spiro atoms. The maximum Gasteiger partial charge on any atom is 0.261 e. The summed E-state index contributed by atoms with van der Waals surface area (Å²) in [5, 5.41) is 2.84. The van der Waals surface area contributed by atoms with Crippen molar-refractivity contribution in [2.24, 2.45) is 0 Å². The summed E-state index contributed by atoms with van der Waals surface area (Å²) < 4.78 is 0.589.